The summed E-state index contributed by atoms with van der Waals surface area (Å²) in [6, 6.07) is 0. The number of aliphatic hydroxyl groups excluding tert-OH is 8. The molecule has 55 heavy (non-hydrogen) atoms. The number of hydrogen-bond donors (Lipinski definition) is 8. The average molecular weight is 807 g/mol. The van der Waals surface area contributed by atoms with Gasteiger partial charge < -0.3 is 93.0 Å². The average Bonchev–Trinajstić information content (AvgIpc) is 3.07. The van der Waals surface area contributed by atoms with Gasteiger partial charge in [-0.2, -0.15) is 0 Å². The Bertz CT molecular complexity index is 969. The lowest BCUT2D eigenvalue weighted by Crippen LogP contribution is -2.67. The summed E-state index contributed by atoms with van der Waals surface area (Å²) >= 11 is 0. The van der Waals surface area contributed by atoms with Crippen molar-refractivity contribution >= 4 is 0 Å². The molecule has 0 saturated carbocycles. The lowest BCUT2D eigenvalue weighted by Gasteiger charge is -2.50. The van der Waals surface area contributed by atoms with Crippen molar-refractivity contribution in [3.8, 4) is 0 Å². The third-order valence-electron chi connectivity index (χ3n) is 7.91. The van der Waals surface area contributed by atoms with Crippen LogP contribution in [0.15, 0.2) is 0 Å². The van der Waals surface area contributed by atoms with Crippen LogP contribution in [0.25, 0.3) is 0 Å². The highest BCUT2D eigenvalue weighted by Crippen LogP contribution is 2.35. The molecular weight excluding hydrogens is 736 g/mol. The molecule has 8 N–H and O–H groups in total. The fraction of sp³-hybridized carbons (Fsp3) is 1.00. The maximum atomic E-state index is 10.3. The highest BCUT2D eigenvalue weighted by atomic mass is 16.8. The van der Waals surface area contributed by atoms with E-state index in [1.54, 1.807) is 13.8 Å². The van der Waals surface area contributed by atoms with Crippen molar-refractivity contribution < 1.29 is 93.0 Å². The molecule has 18 atom stereocenters. The van der Waals surface area contributed by atoms with Crippen LogP contribution in [0, 0.1) is 0 Å². The van der Waals surface area contributed by atoms with Gasteiger partial charge in [0.1, 0.15) is 48.8 Å². The maximum absolute atomic E-state index is 10.3. The minimum atomic E-state index is -1.39. The first-order valence-electron chi connectivity index (χ1n) is 19.1. The van der Waals surface area contributed by atoms with E-state index in [4.69, 9.17) is 52.1 Å². The fourth-order valence-electron chi connectivity index (χ4n) is 5.72. The smallest absolute Gasteiger partial charge is 0.187 e. The minimum absolute atomic E-state index is 0.0553. The molecule has 2 fully saturated rings. The largest absolute Gasteiger partial charge is 0.391 e. The Morgan fingerprint density at radius 1 is 0.345 bits per heavy atom. The van der Waals surface area contributed by atoms with E-state index in [1.807, 2.05) is 0 Å². The fourth-order valence-corrected chi connectivity index (χ4v) is 5.72. The Morgan fingerprint density at radius 2 is 0.636 bits per heavy atom. The Kier molecular flexibility index (Phi) is 24.1. The molecule has 328 valence electrons. The predicted molar refractivity (Wildman–Crippen MR) is 192 cm³/mol. The van der Waals surface area contributed by atoms with Gasteiger partial charge in [-0.1, -0.05) is 0 Å². The lowest BCUT2D eigenvalue weighted by molar-refractivity contribution is -0.377. The predicted octanol–water partition coefficient (Wildman–Crippen LogP) is -2.16. The molecule has 8 unspecified atom stereocenters. The molecule has 0 bridgehead atoms. The first kappa shape index (κ1) is 50.4. The van der Waals surface area contributed by atoms with Crippen LogP contribution in [0.3, 0.4) is 0 Å². The van der Waals surface area contributed by atoms with Crippen LogP contribution in [0.4, 0.5) is 0 Å². The third kappa shape index (κ3) is 19.2. The molecule has 0 aromatic carbocycles. The Morgan fingerprint density at radius 3 is 1.04 bits per heavy atom. The topological polar surface area (TPSA) is 263 Å². The van der Waals surface area contributed by atoms with E-state index in [-0.39, 0.29) is 66.1 Å². The van der Waals surface area contributed by atoms with E-state index >= 15 is 0 Å². The van der Waals surface area contributed by atoms with Crippen molar-refractivity contribution in [3.63, 3.8) is 0 Å². The summed E-state index contributed by atoms with van der Waals surface area (Å²) < 4.78 is 68.1. The van der Waals surface area contributed by atoms with Gasteiger partial charge in [-0.15, -0.1) is 0 Å². The second-order valence-corrected chi connectivity index (χ2v) is 14.9. The number of aliphatic hydroxyl groups is 8. The van der Waals surface area contributed by atoms with Gasteiger partial charge in [0.05, 0.1) is 115 Å². The first-order valence-corrected chi connectivity index (χ1v) is 19.1. The van der Waals surface area contributed by atoms with E-state index in [1.165, 1.54) is 41.5 Å². The summed E-state index contributed by atoms with van der Waals surface area (Å²) in [5, 5.41) is 81.2. The molecule has 2 heterocycles. The van der Waals surface area contributed by atoms with E-state index in [9.17, 15) is 40.9 Å². The summed E-state index contributed by atoms with van der Waals surface area (Å²) in [5.74, 6) is 0. The summed E-state index contributed by atoms with van der Waals surface area (Å²) in [7, 11) is 0. The zero-order valence-electron chi connectivity index (χ0n) is 33.5. The molecule has 0 spiro atoms. The van der Waals surface area contributed by atoms with Gasteiger partial charge in [-0.25, -0.2) is 0 Å². The van der Waals surface area contributed by atoms with Crippen molar-refractivity contribution in [2.75, 3.05) is 66.1 Å². The van der Waals surface area contributed by atoms with Crippen LogP contribution in [0.5, 0.6) is 0 Å². The highest BCUT2D eigenvalue weighted by molar-refractivity contribution is 4.98. The summed E-state index contributed by atoms with van der Waals surface area (Å²) in [4.78, 5) is 0. The van der Waals surface area contributed by atoms with Crippen LogP contribution >= 0.6 is 0 Å². The number of hydrogen-bond acceptors (Lipinski definition) is 19. The highest BCUT2D eigenvalue weighted by Gasteiger charge is 2.55. The summed E-state index contributed by atoms with van der Waals surface area (Å²) in [5.41, 5.74) is 0. The van der Waals surface area contributed by atoms with Gasteiger partial charge in [0.25, 0.3) is 0 Å². The molecule has 19 nitrogen and oxygen atoms in total. The zero-order valence-corrected chi connectivity index (χ0v) is 33.5. The molecule has 2 aliphatic rings. The summed E-state index contributed by atoms with van der Waals surface area (Å²) in [6.07, 6.45) is -18.5. The van der Waals surface area contributed by atoms with Gasteiger partial charge in [0.15, 0.2) is 12.6 Å². The van der Waals surface area contributed by atoms with Gasteiger partial charge >= 0.3 is 0 Å². The number of ether oxygens (including phenoxy) is 11. The van der Waals surface area contributed by atoms with Crippen molar-refractivity contribution in [3.05, 3.63) is 0 Å². The molecule has 0 aromatic heterocycles. The van der Waals surface area contributed by atoms with Crippen LogP contribution in [-0.2, 0) is 52.1 Å². The minimum Gasteiger partial charge on any atom is -0.391 e. The van der Waals surface area contributed by atoms with Crippen molar-refractivity contribution in [2.45, 2.75) is 166 Å². The van der Waals surface area contributed by atoms with Gasteiger partial charge in [-0.05, 0) is 55.4 Å². The third-order valence-corrected chi connectivity index (χ3v) is 7.91. The van der Waals surface area contributed by atoms with Crippen LogP contribution in [-0.4, -0.2) is 217 Å². The van der Waals surface area contributed by atoms with Gasteiger partial charge in [0.2, 0.25) is 0 Å². The molecule has 0 aromatic rings. The van der Waals surface area contributed by atoms with Crippen molar-refractivity contribution in [1.29, 1.82) is 0 Å². The molecule has 2 aliphatic heterocycles. The van der Waals surface area contributed by atoms with E-state index < -0.39 is 110 Å². The van der Waals surface area contributed by atoms with Gasteiger partial charge in [0, 0.05) is 0 Å². The van der Waals surface area contributed by atoms with E-state index in [0.717, 1.165) is 0 Å². The quantitative estimate of drug-likeness (QED) is 0.0419. The molecule has 2 saturated heterocycles. The normalized spacial score (nSPS) is 33.4. The van der Waals surface area contributed by atoms with Crippen molar-refractivity contribution in [2.24, 2.45) is 0 Å². The Labute approximate surface area is 324 Å². The van der Waals surface area contributed by atoms with Crippen LogP contribution in [0.1, 0.15) is 55.4 Å². The Balaban J connectivity index is 2.73. The standard InChI is InChI=1S/C36H70O19/c1-19(37)9-45-17-27-29(47-11-21(3)39)31(48-12-22(4)40)34(51-15-25(7)43)36(54-27)55-30-28(18-46-10-20(2)38)53-35(52-16-26(8)44)33(50-14-24(6)42)32(30)49-13-23(5)41/h19-44H,9-18H2,1-8H3/t19?,20?,21?,22?,23?,24?,25?,26?,27-,28-,29+,30+,31+,32-,33-,34-,35-,36+/m1/s1. The second-order valence-electron chi connectivity index (χ2n) is 14.9. The zero-order chi connectivity index (χ0) is 41.2. The second kappa shape index (κ2) is 26.4. The van der Waals surface area contributed by atoms with E-state index in [0.29, 0.717) is 0 Å². The number of rotatable bonds is 28. The molecule has 0 radical (unpaired) electrons. The van der Waals surface area contributed by atoms with Crippen LogP contribution < -0.4 is 0 Å². The lowest BCUT2D eigenvalue weighted by atomic mass is 9.95. The maximum Gasteiger partial charge on any atom is 0.187 e. The molecule has 19 heteroatoms. The first-order chi connectivity index (χ1) is 25.9. The molecular formula is C36H70O19. The molecule has 2 rings (SSSR count). The monoisotopic (exact) mass is 806 g/mol. The molecule has 0 amide bonds. The van der Waals surface area contributed by atoms with E-state index in [2.05, 4.69) is 0 Å². The summed E-state index contributed by atoms with van der Waals surface area (Å²) in [6.45, 7) is 10.7. The van der Waals surface area contributed by atoms with Crippen molar-refractivity contribution in [1.82, 2.24) is 0 Å². The van der Waals surface area contributed by atoms with Gasteiger partial charge in [-0.3, -0.25) is 0 Å². The molecule has 0 aliphatic carbocycles. The Hall–Kier alpha value is -0.760. The SMILES string of the molecule is CC(O)COC[C@H]1O[C@@H](OCC(C)O)[C@H](OCC(C)O)[C@H](OCC(C)O)[C@H]1O[C@@H]1O[C@H](COCC(C)O)[C@H](OCC(C)O)[C@H](OCC(C)O)[C@H]1OCC(C)O. The van der Waals surface area contributed by atoms with Crippen LogP contribution in [0.2, 0.25) is 0 Å².